The Morgan fingerprint density at radius 1 is 1.31 bits per heavy atom. The number of carbonyl (C=O) groups is 1. The zero-order valence-electron chi connectivity index (χ0n) is 10.5. The summed E-state index contributed by atoms with van der Waals surface area (Å²) in [6, 6.07) is 0. The lowest BCUT2D eigenvalue weighted by molar-refractivity contribution is -0.154. The van der Waals surface area contributed by atoms with Crippen LogP contribution >= 0.6 is 0 Å². The Balaban J connectivity index is 2.14. The Kier molecular flexibility index (Phi) is 2.99. The molecular formula is C13H22O3. The molecule has 1 aliphatic carbocycles. The molecule has 1 saturated heterocycles. The summed E-state index contributed by atoms with van der Waals surface area (Å²) in [5.74, 6) is -0.133. The number of rotatable bonds is 3. The highest BCUT2D eigenvalue weighted by atomic mass is 16.7. The highest BCUT2D eigenvalue weighted by Gasteiger charge is 2.73. The monoisotopic (exact) mass is 226 g/mol. The molecule has 0 radical (unpaired) electrons. The summed E-state index contributed by atoms with van der Waals surface area (Å²) in [6.45, 7) is 5.89. The highest BCUT2D eigenvalue weighted by Crippen LogP contribution is 2.58. The second-order valence-corrected chi connectivity index (χ2v) is 5.29. The van der Waals surface area contributed by atoms with Crippen molar-refractivity contribution in [3.05, 3.63) is 0 Å². The summed E-state index contributed by atoms with van der Waals surface area (Å²) in [5.41, 5.74) is -0.794. The van der Waals surface area contributed by atoms with Crippen molar-refractivity contribution in [1.29, 1.82) is 0 Å². The van der Waals surface area contributed by atoms with Crippen LogP contribution in [0.4, 0.5) is 0 Å². The van der Waals surface area contributed by atoms with Crippen LogP contribution in [-0.4, -0.2) is 23.3 Å². The first-order valence-electron chi connectivity index (χ1n) is 6.47. The molecule has 1 aliphatic heterocycles. The minimum absolute atomic E-state index is 0.0520. The van der Waals surface area contributed by atoms with Gasteiger partial charge in [0.25, 0.3) is 0 Å². The van der Waals surface area contributed by atoms with Gasteiger partial charge in [-0.2, -0.15) is 0 Å². The Bertz CT molecular complexity index is 283. The summed E-state index contributed by atoms with van der Waals surface area (Å²) in [6.07, 6.45) is 6.17. The molecule has 0 aromatic rings. The number of esters is 1. The van der Waals surface area contributed by atoms with Gasteiger partial charge in [-0.05, 0) is 39.5 Å². The number of hydrogen-bond acceptors (Lipinski definition) is 3. The molecule has 16 heavy (non-hydrogen) atoms. The molecule has 2 rings (SSSR count). The van der Waals surface area contributed by atoms with E-state index in [2.05, 4.69) is 6.92 Å². The van der Waals surface area contributed by atoms with Gasteiger partial charge in [0, 0.05) is 0 Å². The second-order valence-electron chi connectivity index (χ2n) is 5.29. The van der Waals surface area contributed by atoms with Crippen molar-refractivity contribution >= 4 is 5.97 Å². The average molecular weight is 226 g/mol. The summed E-state index contributed by atoms with van der Waals surface area (Å²) in [4.78, 5) is 12.1. The van der Waals surface area contributed by atoms with Gasteiger partial charge in [-0.1, -0.05) is 19.8 Å². The third-order valence-electron chi connectivity index (χ3n) is 3.92. The van der Waals surface area contributed by atoms with Crippen LogP contribution in [0.25, 0.3) is 0 Å². The van der Waals surface area contributed by atoms with Crippen LogP contribution in [0.5, 0.6) is 0 Å². The third kappa shape index (κ3) is 1.65. The molecule has 0 aromatic heterocycles. The van der Waals surface area contributed by atoms with Gasteiger partial charge < -0.3 is 9.47 Å². The molecule has 1 saturated carbocycles. The maximum atomic E-state index is 12.1. The number of fused-ring (bicyclic) bond motifs is 1. The third-order valence-corrected chi connectivity index (χ3v) is 3.92. The van der Waals surface area contributed by atoms with Gasteiger partial charge >= 0.3 is 5.97 Å². The highest BCUT2D eigenvalue weighted by molar-refractivity contribution is 5.85. The summed E-state index contributed by atoms with van der Waals surface area (Å²) in [5, 5.41) is 0. The molecule has 0 N–H and O–H groups in total. The molecule has 92 valence electrons. The Morgan fingerprint density at radius 3 is 2.62 bits per heavy atom. The van der Waals surface area contributed by atoms with E-state index in [1.54, 1.807) is 0 Å². The maximum absolute atomic E-state index is 12.1. The molecule has 0 spiro atoms. The van der Waals surface area contributed by atoms with Crippen molar-refractivity contribution in [2.45, 2.75) is 76.6 Å². The number of ether oxygens (including phenoxy) is 2. The van der Waals surface area contributed by atoms with Gasteiger partial charge in [0.2, 0.25) is 0 Å². The van der Waals surface area contributed by atoms with Crippen molar-refractivity contribution in [2.24, 2.45) is 0 Å². The quantitative estimate of drug-likeness (QED) is 0.548. The molecule has 2 fully saturated rings. The Morgan fingerprint density at radius 2 is 2.00 bits per heavy atom. The molecule has 3 heteroatoms. The molecular weight excluding hydrogens is 204 g/mol. The summed E-state index contributed by atoms with van der Waals surface area (Å²) >= 11 is 0. The fraction of sp³-hybridized carbons (Fsp3) is 0.923. The number of carbonyl (C=O) groups excluding carboxylic acids is 1. The van der Waals surface area contributed by atoms with Crippen molar-refractivity contribution in [3.63, 3.8) is 0 Å². The van der Waals surface area contributed by atoms with E-state index in [4.69, 9.17) is 9.47 Å². The SMILES string of the molecule is CCC12CCCCCC1(C(=O)OC(C)C)O2. The van der Waals surface area contributed by atoms with Crippen molar-refractivity contribution in [1.82, 2.24) is 0 Å². The van der Waals surface area contributed by atoms with Crippen molar-refractivity contribution < 1.29 is 14.3 Å². The van der Waals surface area contributed by atoms with Crippen LogP contribution < -0.4 is 0 Å². The van der Waals surface area contributed by atoms with E-state index in [0.29, 0.717) is 0 Å². The van der Waals surface area contributed by atoms with Gasteiger partial charge in [-0.15, -0.1) is 0 Å². The molecule has 2 atom stereocenters. The fourth-order valence-electron chi connectivity index (χ4n) is 2.97. The Labute approximate surface area is 97.5 Å². The summed E-state index contributed by atoms with van der Waals surface area (Å²) < 4.78 is 11.2. The van der Waals surface area contributed by atoms with Crippen molar-refractivity contribution in [3.8, 4) is 0 Å². The number of hydrogen-bond donors (Lipinski definition) is 0. The molecule has 0 bridgehead atoms. The topological polar surface area (TPSA) is 38.8 Å². The van der Waals surface area contributed by atoms with Gasteiger partial charge in [0.1, 0.15) is 5.60 Å². The zero-order valence-corrected chi connectivity index (χ0v) is 10.5. The van der Waals surface area contributed by atoms with E-state index in [1.807, 2.05) is 13.8 Å². The predicted molar refractivity (Wildman–Crippen MR) is 61.2 cm³/mol. The van der Waals surface area contributed by atoms with Crippen LogP contribution in [0.1, 0.15) is 59.3 Å². The molecule has 2 aliphatic rings. The zero-order chi connectivity index (χ0) is 11.8. The lowest BCUT2D eigenvalue weighted by Gasteiger charge is -2.17. The number of epoxide rings is 1. The fourth-order valence-corrected chi connectivity index (χ4v) is 2.97. The molecule has 0 amide bonds. The Hall–Kier alpha value is -0.570. The van der Waals surface area contributed by atoms with Crippen LogP contribution in [0, 0.1) is 0 Å². The molecule has 2 unspecified atom stereocenters. The van der Waals surface area contributed by atoms with E-state index in [1.165, 1.54) is 12.8 Å². The van der Waals surface area contributed by atoms with E-state index in [0.717, 1.165) is 25.7 Å². The minimum Gasteiger partial charge on any atom is -0.461 e. The lowest BCUT2D eigenvalue weighted by atomic mass is 9.86. The summed E-state index contributed by atoms with van der Waals surface area (Å²) in [7, 11) is 0. The molecule has 0 aromatic carbocycles. The van der Waals surface area contributed by atoms with E-state index >= 15 is 0 Å². The van der Waals surface area contributed by atoms with Gasteiger partial charge in [0.15, 0.2) is 5.60 Å². The van der Waals surface area contributed by atoms with Crippen LogP contribution in [0.3, 0.4) is 0 Å². The largest absolute Gasteiger partial charge is 0.461 e. The van der Waals surface area contributed by atoms with Crippen LogP contribution in [0.2, 0.25) is 0 Å². The molecule has 3 nitrogen and oxygen atoms in total. The average Bonchev–Trinajstić information content (AvgIpc) is 2.86. The normalized spacial score (nSPS) is 37.8. The second kappa shape index (κ2) is 4.02. The predicted octanol–water partition coefficient (Wildman–Crippen LogP) is 2.82. The van der Waals surface area contributed by atoms with Crippen molar-refractivity contribution in [2.75, 3.05) is 0 Å². The van der Waals surface area contributed by atoms with Gasteiger partial charge in [0.05, 0.1) is 6.10 Å². The van der Waals surface area contributed by atoms with E-state index in [9.17, 15) is 4.79 Å². The smallest absolute Gasteiger partial charge is 0.341 e. The van der Waals surface area contributed by atoms with E-state index < -0.39 is 5.60 Å². The first-order valence-corrected chi connectivity index (χ1v) is 6.47. The maximum Gasteiger partial charge on any atom is 0.341 e. The minimum atomic E-state index is -0.595. The van der Waals surface area contributed by atoms with E-state index in [-0.39, 0.29) is 17.7 Å². The first-order chi connectivity index (χ1) is 7.56. The van der Waals surface area contributed by atoms with Crippen LogP contribution in [0.15, 0.2) is 0 Å². The van der Waals surface area contributed by atoms with Crippen LogP contribution in [-0.2, 0) is 14.3 Å². The molecule has 1 heterocycles. The standard InChI is InChI=1S/C13H22O3/c1-4-12-8-6-5-7-9-13(12,16-12)11(14)15-10(2)3/h10H,4-9H2,1-3H3. The first kappa shape index (κ1) is 11.9. The van der Waals surface area contributed by atoms with Gasteiger partial charge in [-0.3, -0.25) is 0 Å². The lowest BCUT2D eigenvalue weighted by Crippen LogP contribution is -2.36. The van der Waals surface area contributed by atoms with Gasteiger partial charge in [-0.25, -0.2) is 4.79 Å².